The summed E-state index contributed by atoms with van der Waals surface area (Å²) in [6.07, 6.45) is 2.22. The minimum Gasteiger partial charge on any atom is -0.497 e. The lowest BCUT2D eigenvalue weighted by Gasteiger charge is -2.23. The van der Waals surface area contributed by atoms with E-state index in [1.807, 2.05) is 18.2 Å². The van der Waals surface area contributed by atoms with E-state index in [2.05, 4.69) is 23.1 Å². The minimum absolute atomic E-state index is 0.290. The molecule has 142 valence electrons. The molecular weight excluding hydrogens is 372 g/mol. The molecule has 5 nitrogen and oxygen atoms in total. The smallest absolute Gasteiger partial charge is 0.336 e. The zero-order valence-corrected chi connectivity index (χ0v) is 16.4. The molecular formula is C22H20N2O3S. The van der Waals surface area contributed by atoms with Crippen LogP contribution in [0.2, 0.25) is 0 Å². The lowest BCUT2D eigenvalue weighted by atomic mass is 10.1. The van der Waals surface area contributed by atoms with Crippen molar-refractivity contribution in [3.8, 4) is 5.75 Å². The second-order valence-corrected chi connectivity index (χ2v) is 8.16. The van der Waals surface area contributed by atoms with Crippen molar-refractivity contribution in [1.29, 1.82) is 0 Å². The van der Waals surface area contributed by atoms with Gasteiger partial charge in [-0.15, -0.1) is 11.3 Å². The summed E-state index contributed by atoms with van der Waals surface area (Å²) in [7, 11) is 1.61. The third kappa shape index (κ3) is 3.08. The third-order valence-electron chi connectivity index (χ3n) is 5.37. The summed E-state index contributed by atoms with van der Waals surface area (Å²) >= 11 is 1.77. The quantitative estimate of drug-likeness (QED) is 0.469. The average molecular weight is 392 g/mol. The van der Waals surface area contributed by atoms with Crippen molar-refractivity contribution in [2.75, 3.05) is 13.7 Å². The van der Waals surface area contributed by atoms with Crippen molar-refractivity contribution in [1.82, 2.24) is 9.88 Å². The number of benzene rings is 2. The van der Waals surface area contributed by atoms with Crippen LogP contribution in [0.4, 0.5) is 0 Å². The molecule has 1 saturated heterocycles. The van der Waals surface area contributed by atoms with E-state index in [0.717, 1.165) is 40.9 Å². The van der Waals surface area contributed by atoms with E-state index in [1.54, 1.807) is 30.6 Å². The molecule has 0 bridgehead atoms. The van der Waals surface area contributed by atoms with Crippen molar-refractivity contribution < 1.29 is 9.15 Å². The van der Waals surface area contributed by atoms with Gasteiger partial charge in [-0.2, -0.15) is 0 Å². The lowest BCUT2D eigenvalue weighted by molar-refractivity contribution is 0.248. The van der Waals surface area contributed by atoms with Crippen LogP contribution in [0, 0.1) is 0 Å². The highest BCUT2D eigenvalue weighted by Gasteiger charge is 2.29. The van der Waals surface area contributed by atoms with Gasteiger partial charge in [0.2, 0.25) is 0 Å². The number of ether oxygens (including phenoxy) is 1. The van der Waals surface area contributed by atoms with Gasteiger partial charge in [0, 0.05) is 24.1 Å². The Labute approximate surface area is 166 Å². The van der Waals surface area contributed by atoms with Crippen molar-refractivity contribution in [2.24, 2.45) is 0 Å². The molecule has 6 heteroatoms. The Morgan fingerprint density at radius 2 is 2.14 bits per heavy atom. The van der Waals surface area contributed by atoms with Crippen LogP contribution in [0.25, 0.3) is 21.2 Å². The number of nitrogens with zero attached hydrogens (tertiary/aromatic N) is 2. The van der Waals surface area contributed by atoms with Gasteiger partial charge in [0.25, 0.3) is 0 Å². The van der Waals surface area contributed by atoms with Crippen LogP contribution in [0.15, 0.2) is 57.7 Å². The van der Waals surface area contributed by atoms with Crippen molar-refractivity contribution >= 4 is 32.5 Å². The molecule has 0 saturated carbocycles. The van der Waals surface area contributed by atoms with Crippen LogP contribution in [0.3, 0.4) is 0 Å². The Morgan fingerprint density at radius 3 is 3.00 bits per heavy atom. The maximum atomic E-state index is 12.1. The molecule has 0 unspecified atom stereocenters. The fourth-order valence-electron chi connectivity index (χ4n) is 4.01. The molecule has 1 aliphatic heterocycles. The van der Waals surface area contributed by atoms with E-state index in [-0.39, 0.29) is 11.7 Å². The first kappa shape index (κ1) is 17.4. The maximum Gasteiger partial charge on any atom is 0.336 e. The molecule has 2 aromatic carbocycles. The van der Waals surface area contributed by atoms with Crippen LogP contribution in [0.1, 0.15) is 29.5 Å². The Balaban J connectivity index is 1.50. The third-order valence-corrected chi connectivity index (χ3v) is 6.51. The number of hydrogen-bond donors (Lipinski definition) is 0. The molecule has 28 heavy (non-hydrogen) atoms. The van der Waals surface area contributed by atoms with Gasteiger partial charge in [0.05, 0.1) is 23.4 Å². The van der Waals surface area contributed by atoms with Gasteiger partial charge in [-0.3, -0.25) is 4.90 Å². The van der Waals surface area contributed by atoms with Crippen LogP contribution in [-0.2, 0) is 6.54 Å². The molecule has 1 atom stereocenters. The largest absolute Gasteiger partial charge is 0.497 e. The number of aromatic nitrogens is 1. The predicted molar refractivity (Wildman–Crippen MR) is 111 cm³/mol. The molecule has 2 aromatic heterocycles. The summed E-state index contributed by atoms with van der Waals surface area (Å²) in [6, 6.07) is 15.8. The minimum atomic E-state index is -0.327. The van der Waals surface area contributed by atoms with Crippen molar-refractivity contribution in [2.45, 2.75) is 25.4 Å². The molecule has 0 aliphatic carbocycles. The Bertz CT molecular complexity index is 1180. The van der Waals surface area contributed by atoms with Gasteiger partial charge >= 0.3 is 5.63 Å². The van der Waals surface area contributed by atoms with Gasteiger partial charge in [0.1, 0.15) is 16.3 Å². The Kier molecular flexibility index (Phi) is 4.37. The van der Waals surface area contributed by atoms with E-state index in [0.29, 0.717) is 17.9 Å². The lowest BCUT2D eigenvalue weighted by Crippen LogP contribution is -2.23. The van der Waals surface area contributed by atoms with Gasteiger partial charge < -0.3 is 9.15 Å². The molecule has 3 heterocycles. The fourth-order valence-corrected chi connectivity index (χ4v) is 5.15. The number of rotatable bonds is 4. The summed E-state index contributed by atoms with van der Waals surface area (Å²) in [5, 5.41) is 2.11. The zero-order valence-electron chi connectivity index (χ0n) is 15.6. The Hall–Kier alpha value is -2.70. The molecule has 0 radical (unpaired) electrons. The fraction of sp³-hybridized carbons (Fsp3) is 0.273. The van der Waals surface area contributed by atoms with Gasteiger partial charge in [-0.05, 0) is 49.2 Å². The molecule has 0 N–H and O–H groups in total. The van der Waals surface area contributed by atoms with Crippen LogP contribution >= 0.6 is 11.3 Å². The van der Waals surface area contributed by atoms with Gasteiger partial charge in [-0.25, -0.2) is 9.78 Å². The number of hydrogen-bond acceptors (Lipinski definition) is 6. The van der Waals surface area contributed by atoms with E-state index in [1.165, 1.54) is 4.70 Å². The van der Waals surface area contributed by atoms with Crippen LogP contribution in [0.5, 0.6) is 5.75 Å². The zero-order chi connectivity index (χ0) is 19.1. The Morgan fingerprint density at radius 1 is 1.25 bits per heavy atom. The number of fused-ring (bicyclic) bond motifs is 2. The first-order valence-electron chi connectivity index (χ1n) is 9.41. The van der Waals surface area contributed by atoms with E-state index in [4.69, 9.17) is 14.1 Å². The monoisotopic (exact) mass is 392 g/mol. The van der Waals surface area contributed by atoms with Gasteiger partial charge in [-0.1, -0.05) is 12.1 Å². The second-order valence-electron chi connectivity index (χ2n) is 7.10. The standard InChI is InChI=1S/C22H20N2O3S/c1-26-15-8-9-16-14(11-21(25)27-19(16)12-15)13-24-10-4-6-18(24)22-23-17-5-2-3-7-20(17)28-22/h2-3,5,7-9,11-12,18H,4,6,10,13H2,1H3/t18-/m0/s1. The highest BCUT2D eigenvalue weighted by atomic mass is 32.1. The van der Waals surface area contributed by atoms with E-state index in [9.17, 15) is 4.79 Å². The summed E-state index contributed by atoms with van der Waals surface area (Å²) in [4.78, 5) is 19.4. The molecule has 5 rings (SSSR count). The van der Waals surface area contributed by atoms with Crippen LogP contribution < -0.4 is 10.4 Å². The van der Waals surface area contributed by atoms with E-state index >= 15 is 0 Å². The summed E-state index contributed by atoms with van der Waals surface area (Å²) in [5.41, 5.74) is 2.29. The normalized spacial score (nSPS) is 17.5. The SMILES string of the molecule is COc1ccc2c(CN3CCC[C@H]3c3nc4ccccc4s3)cc(=O)oc2c1. The molecule has 1 aliphatic rings. The maximum absolute atomic E-state index is 12.1. The van der Waals surface area contributed by atoms with Crippen molar-refractivity contribution in [3.63, 3.8) is 0 Å². The molecule has 0 spiro atoms. The van der Waals surface area contributed by atoms with E-state index < -0.39 is 0 Å². The molecule has 4 aromatic rings. The summed E-state index contributed by atoms with van der Waals surface area (Å²) < 4.78 is 11.9. The number of methoxy groups -OCH3 is 1. The number of thiazole rings is 1. The average Bonchev–Trinajstić information content (AvgIpc) is 3.33. The molecule has 0 amide bonds. The van der Waals surface area contributed by atoms with Gasteiger partial charge in [0.15, 0.2) is 0 Å². The topological polar surface area (TPSA) is 55.6 Å². The molecule has 1 fully saturated rings. The second kappa shape index (κ2) is 7.04. The highest BCUT2D eigenvalue weighted by molar-refractivity contribution is 7.18. The summed E-state index contributed by atoms with van der Waals surface area (Å²) in [6.45, 7) is 1.70. The number of likely N-dealkylation sites (tertiary alicyclic amines) is 1. The summed E-state index contributed by atoms with van der Waals surface area (Å²) in [5.74, 6) is 0.682. The predicted octanol–water partition coefficient (Wildman–Crippen LogP) is 4.75. The first-order valence-corrected chi connectivity index (χ1v) is 10.2. The van der Waals surface area contributed by atoms with Crippen LogP contribution in [-0.4, -0.2) is 23.5 Å². The highest BCUT2D eigenvalue weighted by Crippen LogP contribution is 2.37. The van der Waals surface area contributed by atoms with Crippen molar-refractivity contribution in [3.05, 3.63) is 69.5 Å². The number of para-hydroxylation sites is 1. The first-order chi connectivity index (χ1) is 13.7.